The zero-order chi connectivity index (χ0) is 23.3. The lowest BCUT2D eigenvalue weighted by atomic mass is 9.61. The number of amides is 1. The van der Waals surface area contributed by atoms with Gasteiger partial charge < -0.3 is 14.2 Å². The number of carbonyl (C=O) groups is 2. The number of carbonyl (C=O) groups excluding carboxylic acids is 2. The molecule has 34 heavy (non-hydrogen) atoms. The third-order valence-electron chi connectivity index (χ3n) is 7.91. The van der Waals surface area contributed by atoms with Gasteiger partial charge in [0.05, 0.1) is 25.0 Å². The molecule has 3 fully saturated rings. The lowest BCUT2D eigenvalue weighted by molar-refractivity contribution is -0.175. The molecule has 0 bridgehead atoms. The second kappa shape index (κ2) is 8.36. The highest BCUT2D eigenvalue weighted by molar-refractivity contribution is 6.03. The molecule has 2 heterocycles. The summed E-state index contributed by atoms with van der Waals surface area (Å²) >= 11 is 0. The summed E-state index contributed by atoms with van der Waals surface area (Å²) in [5, 5.41) is 0. The number of fused-ring (bicyclic) bond motifs is 2. The summed E-state index contributed by atoms with van der Waals surface area (Å²) < 4.78 is 17.7. The molecule has 1 unspecified atom stereocenters. The third-order valence-corrected chi connectivity index (χ3v) is 7.91. The second-order valence-corrected chi connectivity index (χ2v) is 9.79. The first-order valence-electron chi connectivity index (χ1n) is 12.2. The predicted molar refractivity (Wildman–Crippen MR) is 126 cm³/mol. The first-order chi connectivity index (χ1) is 16.6. The summed E-state index contributed by atoms with van der Waals surface area (Å²) in [6, 6.07) is 19.5. The van der Waals surface area contributed by atoms with E-state index in [1.165, 1.54) is 0 Å². The third kappa shape index (κ3) is 3.48. The fraction of sp³-hybridized carbons (Fsp3) is 0.429. The summed E-state index contributed by atoms with van der Waals surface area (Å²) in [4.78, 5) is 29.2. The van der Waals surface area contributed by atoms with Crippen LogP contribution in [0.2, 0.25) is 0 Å². The number of benzene rings is 2. The Kier molecular flexibility index (Phi) is 5.30. The molecule has 176 valence electrons. The number of rotatable bonds is 3. The van der Waals surface area contributed by atoms with E-state index in [4.69, 9.17) is 14.2 Å². The Morgan fingerprint density at radius 2 is 1.59 bits per heavy atom. The SMILES string of the molecule is CC1OC(=O)[C@@H]2C=C3CC4(CC[C@H]3[C@H](C(=O)N(c3ccccc3)c3ccccc3)[C@H]12)OCCO4. The number of ether oxygens (including phenoxy) is 3. The molecule has 0 N–H and O–H groups in total. The van der Waals surface area contributed by atoms with Crippen LogP contribution in [0.15, 0.2) is 72.3 Å². The molecule has 2 aliphatic heterocycles. The van der Waals surface area contributed by atoms with Crippen molar-refractivity contribution in [2.45, 2.75) is 38.1 Å². The van der Waals surface area contributed by atoms with Crippen LogP contribution in [0.5, 0.6) is 0 Å². The Hall–Kier alpha value is -2.96. The minimum atomic E-state index is -0.616. The zero-order valence-corrected chi connectivity index (χ0v) is 19.3. The van der Waals surface area contributed by atoms with Crippen molar-refractivity contribution < 1.29 is 23.8 Å². The molecule has 6 heteroatoms. The molecule has 1 saturated carbocycles. The topological polar surface area (TPSA) is 65.1 Å². The van der Waals surface area contributed by atoms with Gasteiger partial charge in [0.1, 0.15) is 6.10 Å². The Morgan fingerprint density at radius 3 is 2.21 bits per heavy atom. The number of hydrogen-bond donors (Lipinski definition) is 0. The summed E-state index contributed by atoms with van der Waals surface area (Å²) in [6.07, 6.45) is 3.88. The molecule has 6 rings (SSSR count). The van der Waals surface area contributed by atoms with Crippen molar-refractivity contribution >= 4 is 23.3 Å². The van der Waals surface area contributed by atoms with E-state index < -0.39 is 11.7 Å². The van der Waals surface area contributed by atoms with Gasteiger partial charge in [-0.3, -0.25) is 14.5 Å². The maximum atomic E-state index is 14.5. The fourth-order valence-electron chi connectivity index (χ4n) is 6.45. The van der Waals surface area contributed by atoms with Gasteiger partial charge in [-0.05, 0) is 43.5 Å². The minimum absolute atomic E-state index is 0.0114. The monoisotopic (exact) mass is 459 g/mol. The number of esters is 1. The number of para-hydroxylation sites is 2. The average Bonchev–Trinajstić information content (AvgIpc) is 3.42. The van der Waals surface area contributed by atoms with E-state index in [2.05, 4.69) is 6.08 Å². The first-order valence-corrected chi connectivity index (χ1v) is 12.2. The van der Waals surface area contributed by atoms with Gasteiger partial charge in [0.25, 0.3) is 0 Å². The summed E-state index contributed by atoms with van der Waals surface area (Å²) in [7, 11) is 0. The molecular formula is C28H29NO5. The van der Waals surface area contributed by atoms with Crippen LogP contribution in [-0.4, -0.2) is 37.0 Å². The van der Waals surface area contributed by atoms with Crippen molar-refractivity contribution in [1.82, 2.24) is 0 Å². The summed E-state index contributed by atoms with van der Waals surface area (Å²) in [6.45, 7) is 3.09. The highest BCUT2D eigenvalue weighted by Gasteiger charge is 2.57. The van der Waals surface area contributed by atoms with Gasteiger partial charge >= 0.3 is 5.97 Å². The fourth-order valence-corrected chi connectivity index (χ4v) is 6.45. The molecule has 0 aromatic heterocycles. The van der Waals surface area contributed by atoms with E-state index in [1.54, 1.807) is 0 Å². The Labute approximate surface area is 199 Å². The number of nitrogens with zero attached hydrogens (tertiary/aromatic N) is 1. The van der Waals surface area contributed by atoms with Gasteiger partial charge in [0, 0.05) is 30.1 Å². The van der Waals surface area contributed by atoms with Crippen LogP contribution in [0.25, 0.3) is 0 Å². The average molecular weight is 460 g/mol. The van der Waals surface area contributed by atoms with Gasteiger partial charge in [-0.15, -0.1) is 0 Å². The van der Waals surface area contributed by atoms with Crippen LogP contribution >= 0.6 is 0 Å². The van der Waals surface area contributed by atoms with Crippen molar-refractivity contribution in [3.8, 4) is 0 Å². The number of hydrogen-bond acceptors (Lipinski definition) is 5. The van der Waals surface area contributed by atoms with Crippen molar-refractivity contribution in [3.05, 3.63) is 72.3 Å². The maximum absolute atomic E-state index is 14.5. The number of anilines is 2. The molecule has 1 spiro atoms. The van der Waals surface area contributed by atoms with E-state index in [9.17, 15) is 9.59 Å². The van der Waals surface area contributed by atoms with Crippen LogP contribution in [0.1, 0.15) is 26.2 Å². The van der Waals surface area contributed by atoms with Gasteiger partial charge in [-0.1, -0.05) is 48.0 Å². The summed E-state index contributed by atoms with van der Waals surface area (Å²) in [5.41, 5.74) is 2.73. The van der Waals surface area contributed by atoms with E-state index in [0.717, 1.165) is 29.8 Å². The zero-order valence-electron chi connectivity index (χ0n) is 19.3. The molecule has 2 aliphatic carbocycles. The van der Waals surface area contributed by atoms with Gasteiger partial charge in [-0.2, -0.15) is 0 Å². The van der Waals surface area contributed by atoms with Crippen LogP contribution < -0.4 is 4.90 Å². The Bertz CT molecular complexity index is 1070. The highest BCUT2D eigenvalue weighted by atomic mass is 16.7. The first kappa shape index (κ1) is 21.6. The van der Waals surface area contributed by atoms with E-state index >= 15 is 0 Å². The highest BCUT2D eigenvalue weighted by Crippen LogP contribution is 2.54. The lowest BCUT2D eigenvalue weighted by Crippen LogP contribution is -2.50. The van der Waals surface area contributed by atoms with Crippen LogP contribution in [0.3, 0.4) is 0 Å². The molecule has 4 aliphatic rings. The van der Waals surface area contributed by atoms with Gasteiger partial charge in [-0.25, -0.2) is 0 Å². The second-order valence-electron chi connectivity index (χ2n) is 9.79. The van der Waals surface area contributed by atoms with E-state index in [-0.39, 0.29) is 35.7 Å². The molecule has 0 radical (unpaired) electrons. The van der Waals surface area contributed by atoms with Gasteiger partial charge in [0.2, 0.25) is 5.91 Å². The lowest BCUT2D eigenvalue weighted by Gasteiger charge is -2.46. The number of cyclic esters (lactones) is 1. The van der Waals surface area contributed by atoms with Crippen LogP contribution in [0.4, 0.5) is 11.4 Å². The molecule has 1 amide bonds. The molecule has 6 nitrogen and oxygen atoms in total. The van der Waals surface area contributed by atoms with E-state index in [0.29, 0.717) is 19.6 Å². The maximum Gasteiger partial charge on any atom is 0.313 e. The molecule has 2 saturated heterocycles. The molecular weight excluding hydrogens is 430 g/mol. The van der Waals surface area contributed by atoms with Crippen LogP contribution in [-0.2, 0) is 23.8 Å². The predicted octanol–water partition coefficient (Wildman–Crippen LogP) is 4.63. The Morgan fingerprint density at radius 1 is 0.971 bits per heavy atom. The molecule has 5 atom stereocenters. The van der Waals surface area contributed by atoms with Crippen molar-refractivity contribution in [3.63, 3.8) is 0 Å². The quantitative estimate of drug-likeness (QED) is 0.495. The van der Waals surface area contributed by atoms with Crippen molar-refractivity contribution in [2.75, 3.05) is 18.1 Å². The summed E-state index contributed by atoms with van der Waals surface area (Å²) in [5.74, 6) is -1.79. The largest absolute Gasteiger partial charge is 0.462 e. The van der Waals surface area contributed by atoms with Crippen molar-refractivity contribution in [2.24, 2.45) is 23.7 Å². The minimum Gasteiger partial charge on any atom is -0.462 e. The molecule has 2 aromatic carbocycles. The van der Waals surface area contributed by atoms with Crippen LogP contribution in [0, 0.1) is 23.7 Å². The van der Waals surface area contributed by atoms with Crippen molar-refractivity contribution in [1.29, 1.82) is 0 Å². The normalized spacial score (nSPS) is 31.4. The Balaban J connectivity index is 1.43. The van der Waals surface area contributed by atoms with E-state index in [1.807, 2.05) is 72.5 Å². The van der Waals surface area contributed by atoms with Gasteiger partial charge in [0.15, 0.2) is 5.79 Å². The standard InChI is InChI=1S/C28H29NO5/c1-18-24-23(27(31)34-18)16-19-17-28(32-14-15-33-28)13-12-22(19)25(24)26(30)29(20-8-4-2-5-9-20)21-10-6-3-7-11-21/h2-11,16,18,22-25H,12-15,17H2,1H3/t18?,22-,23-,24-,25+/m1/s1. The smallest absolute Gasteiger partial charge is 0.313 e. The molecule has 2 aromatic rings.